The van der Waals surface area contributed by atoms with Gasteiger partial charge >= 0.3 is 0 Å². The Morgan fingerprint density at radius 1 is 1.08 bits per heavy atom. The molecule has 0 radical (unpaired) electrons. The van der Waals surface area contributed by atoms with Gasteiger partial charge in [-0.15, -0.1) is 6.42 Å². The van der Waals surface area contributed by atoms with Crippen molar-refractivity contribution in [3.63, 3.8) is 0 Å². The van der Waals surface area contributed by atoms with Crippen LogP contribution in [0.1, 0.15) is 21.5 Å². The van der Waals surface area contributed by atoms with Crippen LogP contribution in [0, 0.1) is 31.1 Å². The van der Waals surface area contributed by atoms with Crippen molar-refractivity contribution in [3.05, 3.63) is 21.7 Å². The van der Waals surface area contributed by atoms with E-state index in [2.05, 4.69) is 17.8 Å². The van der Waals surface area contributed by atoms with E-state index in [9.17, 15) is 15.0 Å². The number of benzene rings is 1. The normalized spacial score (nSPS) is 9.96. The topological polar surface area (TPSA) is 85.2 Å². The molecule has 0 atom stereocenters. The third-order valence-electron chi connectivity index (χ3n) is 3.10. The molecular formula is C18H19ClO6. The largest absolute Gasteiger partial charge is 0.507 e. The maximum absolute atomic E-state index is 11.1. The summed E-state index contributed by atoms with van der Waals surface area (Å²) in [7, 11) is 0. The van der Waals surface area contributed by atoms with E-state index >= 15 is 0 Å². The summed E-state index contributed by atoms with van der Waals surface area (Å²) in [5.41, 5.74) is 0.114. The Hall–Kier alpha value is -2.22. The smallest absolute Gasteiger partial charge is 0.155 e. The Balaban J connectivity index is 2.47. The first-order valence-corrected chi connectivity index (χ1v) is 7.77. The summed E-state index contributed by atoms with van der Waals surface area (Å²) in [5.74, 6) is 6.99. The lowest BCUT2D eigenvalue weighted by Crippen LogP contribution is -2.09. The number of carbonyl (C=O) groups excluding carboxylic acids is 1. The average molecular weight is 367 g/mol. The van der Waals surface area contributed by atoms with E-state index in [1.807, 2.05) is 0 Å². The van der Waals surface area contributed by atoms with Crippen LogP contribution in [-0.4, -0.2) is 56.1 Å². The monoisotopic (exact) mass is 366 g/mol. The summed E-state index contributed by atoms with van der Waals surface area (Å²) in [4.78, 5) is 11.1. The number of ether oxygens (including phenoxy) is 3. The standard InChI is InChI=1S/C18H19ClO6/c1-3-6-23-8-10-25-11-9-24-7-4-5-14-15(12-20)17(21)13(2)18(22)16(14)19/h1,12,21-22H,6-11H2,2H3. The lowest BCUT2D eigenvalue weighted by atomic mass is 10.0. The quantitative estimate of drug-likeness (QED) is 0.394. The number of halogens is 1. The molecule has 0 bridgehead atoms. The summed E-state index contributed by atoms with van der Waals surface area (Å²) in [6.45, 7) is 3.29. The fraction of sp³-hybridized carbons (Fsp3) is 0.389. The summed E-state index contributed by atoms with van der Waals surface area (Å²) < 4.78 is 15.5. The molecular weight excluding hydrogens is 348 g/mol. The summed E-state index contributed by atoms with van der Waals surface area (Å²) in [5, 5.41) is 19.6. The fourth-order valence-electron chi connectivity index (χ4n) is 1.79. The summed E-state index contributed by atoms with van der Waals surface area (Å²) >= 11 is 5.98. The second-order valence-electron chi connectivity index (χ2n) is 4.77. The van der Waals surface area contributed by atoms with Gasteiger partial charge in [-0.3, -0.25) is 4.79 Å². The van der Waals surface area contributed by atoms with Gasteiger partial charge in [-0.1, -0.05) is 29.4 Å². The molecule has 134 valence electrons. The van der Waals surface area contributed by atoms with Gasteiger partial charge < -0.3 is 24.4 Å². The minimum atomic E-state index is -0.345. The van der Waals surface area contributed by atoms with Crippen molar-refractivity contribution in [2.24, 2.45) is 0 Å². The third kappa shape index (κ3) is 6.30. The van der Waals surface area contributed by atoms with Crippen LogP contribution in [0.4, 0.5) is 0 Å². The van der Waals surface area contributed by atoms with Crippen molar-refractivity contribution in [2.75, 3.05) is 39.6 Å². The zero-order valence-electron chi connectivity index (χ0n) is 13.8. The third-order valence-corrected chi connectivity index (χ3v) is 3.47. The molecule has 0 aliphatic rings. The highest BCUT2D eigenvalue weighted by molar-refractivity contribution is 6.34. The number of aldehydes is 1. The average Bonchev–Trinajstić information content (AvgIpc) is 2.62. The van der Waals surface area contributed by atoms with Gasteiger partial charge in [0, 0.05) is 5.56 Å². The van der Waals surface area contributed by atoms with Crippen molar-refractivity contribution in [1.82, 2.24) is 0 Å². The Labute approximate surface area is 151 Å². The van der Waals surface area contributed by atoms with Crippen LogP contribution >= 0.6 is 11.6 Å². The molecule has 2 N–H and O–H groups in total. The van der Waals surface area contributed by atoms with E-state index in [0.29, 0.717) is 32.7 Å². The van der Waals surface area contributed by atoms with Crippen LogP contribution in [0.2, 0.25) is 5.02 Å². The summed E-state index contributed by atoms with van der Waals surface area (Å²) in [6.07, 6.45) is 5.47. The maximum Gasteiger partial charge on any atom is 0.155 e. The van der Waals surface area contributed by atoms with Crippen molar-refractivity contribution in [2.45, 2.75) is 6.92 Å². The van der Waals surface area contributed by atoms with E-state index in [1.54, 1.807) is 0 Å². The van der Waals surface area contributed by atoms with Crippen molar-refractivity contribution < 1.29 is 29.2 Å². The molecule has 6 nitrogen and oxygen atoms in total. The molecule has 0 aromatic heterocycles. The fourth-order valence-corrected chi connectivity index (χ4v) is 2.08. The van der Waals surface area contributed by atoms with Crippen LogP contribution < -0.4 is 0 Å². The van der Waals surface area contributed by atoms with Crippen LogP contribution in [0.25, 0.3) is 0 Å². The van der Waals surface area contributed by atoms with Gasteiger partial charge in [0.05, 0.1) is 42.6 Å². The van der Waals surface area contributed by atoms with Crippen LogP contribution in [0.15, 0.2) is 0 Å². The Bertz CT molecular complexity index is 696. The van der Waals surface area contributed by atoms with Gasteiger partial charge in [-0.25, -0.2) is 0 Å². The Morgan fingerprint density at radius 3 is 2.28 bits per heavy atom. The molecule has 0 spiro atoms. The number of hydrogen-bond acceptors (Lipinski definition) is 6. The zero-order valence-corrected chi connectivity index (χ0v) is 14.6. The second kappa shape index (κ2) is 11.4. The first kappa shape index (κ1) is 20.8. The number of phenols is 2. The predicted molar refractivity (Wildman–Crippen MR) is 93.1 cm³/mol. The molecule has 0 amide bonds. The van der Waals surface area contributed by atoms with Gasteiger partial charge in [0.15, 0.2) is 6.29 Å². The molecule has 1 rings (SSSR count). The highest BCUT2D eigenvalue weighted by Crippen LogP contribution is 2.39. The molecule has 0 fully saturated rings. The number of hydrogen-bond donors (Lipinski definition) is 2. The first-order chi connectivity index (χ1) is 12.0. The van der Waals surface area contributed by atoms with E-state index in [-0.39, 0.29) is 46.4 Å². The number of rotatable bonds is 9. The molecule has 0 aliphatic carbocycles. The van der Waals surface area contributed by atoms with Gasteiger partial charge in [-0.05, 0) is 6.92 Å². The number of phenolic OH excluding ortho intramolecular Hbond substituents is 2. The van der Waals surface area contributed by atoms with Crippen LogP contribution in [-0.2, 0) is 14.2 Å². The predicted octanol–water partition coefficient (Wildman–Crippen LogP) is 1.91. The molecule has 0 aliphatic heterocycles. The SMILES string of the molecule is C#CCOCCOCCOCC#Cc1c(Cl)c(O)c(C)c(O)c1C=O. The Morgan fingerprint density at radius 2 is 1.68 bits per heavy atom. The molecule has 7 heteroatoms. The van der Waals surface area contributed by atoms with Gasteiger partial charge in [0.2, 0.25) is 0 Å². The molecule has 0 saturated heterocycles. The molecule has 0 heterocycles. The number of aromatic hydroxyl groups is 2. The zero-order chi connectivity index (χ0) is 18.7. The summed E-state index contributed by atoms with van der Waals surface area (Å²) in [6, 6.07) is 0. The molecule has 0 saturated carbocycles. The van der Waals surface area contributed by atoms with Crippen molar-refractivity contribution >= 4 is 17.9 Å². The van der Waals surface area contributed by atoms with E-state index < -0.39 is 0 Å². The van der Waals surface area contributed by atoms with Gasteiger partial charge in [0.1, 0.15) is 24.7 Å². The minimum absolute atomic E-state index is 0.0581. The Kier molecular flexibility index (Phi) is 9.46. The molecule has 25 heavy (non-hydrogen) atoms. The van der Waals surface area contributed by atoms with Crippen LogP contribution in [0.5, 0.6) is 11.5 Å². The number of carbonyl (C=O) groups is 1. The van der Waals surface area contributed by atoms with Gasteiger partial charge in [-0.2, -0.15) is 0 Å². The van der Waals surface area contributed by atoms with E-state index in [1.165, 1.54) is 6.92 Å². The molecule has 1 aromatic rings. The van der Waals surface area contributed by atoms with Crippen molar-refractivity contribution in [3.8, 4) is 35.7 Å². The lowest BCUT2D eigenvalue weighted by Gasteiger charge is -2.09. The van der Waals surface area contributed by atoms with Crippen molar-refractivity contribution in [1.29, 1.82) is 0 Å². The van der Waals surface area contributed by atoms with Gasteiger partial charge in [0.25, 0.3) is 0 Å². The minimum Gasteiger partial charge on any atom is -0.507 e. The molecule has 0 unspecified atom stereocenters. The van der Waals surface area contributed by atoms with Crippen LogP contribution in [0.3, 0.4) is 0 Å². The first-order valence-electron chi connectivity index (χ1n) is 7.39. The highest BCUT2D eigenvalue weighted by Gasteiger charge is 2.18. The molecule has 1 aromatic carbocycles. The highest BCUT2D eigenvalue weighted by atomic mass is 35.5. The number of terminal acetylenes is 1. The van der Waals surface area contributed by atoms with E-state index in [4.69, 9.17) is 32.2 Å². The second-order valence-corrected chi connectivity index (χ2v) is 5.14. The maximum atomic E-state index is 11.1. The lowest BCUT2D eigenvalue weighted by molar-refractivity contribution is 0.0270. The van der Waals surface area contributed by atoms with E-state index in [0.717, 1.165) is 0 Å².